The van der Waals surface area contributed by atoms with Crippen LogP contribution in [-0.4, -0.2) is 73.1 Å². The van der Waals surface area contributed by atoms with E-state index in [0.717, 1.165) is 53.7 Å². The highest BCUT2D eigenvalue weighted by Gasteiger charge is 2.45. The number of rotatable bonds is 7. The highest BCUT2D eigenvalue weighted by atomic mass is 16.5. The minimum Gasteiger partial charge on any atom is -0.507 e. The third-order valence-corrected chi connectivity index (χ3v) is 7.93. The molecule has 0 aliphatic carbocycles. The number of methoxy groups -OCH3 is 1. The zero-order valence-corrected chi connectivity index (χ0v) is 23.8. The smallest absolute Gasteiger partial charge is 0.295 e. The van der Waals surface area contributed by atoms with Crippen LogP contribution in [0.3, 0.4) is 0 Å². The van der Waals surface area contributed by atoms with Gasteiger partial charge >= 0.3 is 0 Å². The molecule has 3 aromatic carbocycles. The summed E-state index contributed by atoms with van der Waals surface area (Å²) < 4.78 is 10.8. The first kappa shape index (κ1) is 27.9. The molecule has 5 rings (SSSR count). The van der Waals surface area contributed by atoms with E-state index in [2.05, 4.69) is 25.7 Å². The standard InChI is InChI=1S/C33H38N2O5/c1-33(2,3)26-11-8-22(9-12-26)29-28(30(36)25-7-6-24-21-27(39-4)13-10-23(24)20-25)31(37)32(38)35(29)15-5-14-34-16-18-40-19-17-34/h6-13,20-21,29,36H,5,14-19H2,1-4H3/b30-28+. The third kappa shape index (κ3) is 5.62. The van der Waals surface area contributed by atoms with E-state index in [-0.39, 0.29) is 16.7 Å². The van der Waals surface area contributed by atoms with Crippen molar-refractivity contribution in [2.75, 3.05) is 46.5 Å². The summed E-state index contributed by atoms with van der Waals surface area (Å²) in [7, 11) is 1.62. The van der Waals surface area contributed by atoms with Gasteiger partial charge in [0.05, 0.1) is 31.9 Å². The third-order valence-electron chi connectivity index (χ3n) is 7.93. The van der Waals surface area contributed by atoms with Gasteiger partial charge in [-0.2, -0.15) is 0 Å². The van der Waals surface area contributed by atoms with Crippen molar-refractivity contribution in [2.45, 2.75) is 38.6 Å². The molecular formula is C33H38N2O5. The van der Waals surface area contributed by atoms with Crippen molar-refractivity contribution < 1.29 is 24.2 Å². The number of ether oxygens (including phenoxy) is 2. The van der Waals surface area contributed by atoms with Crippen molar-refractivity contribution in [3.63, 3.8) is 0 Å². The number of morpholine rings is 1. The Bertz CT molecular complexity index is 1430. The highest BCUT2D eigenvalue weighted by Crippen LogP contribution is 2.40. The Morgan fingerprint density at radius 1 is 0.950 bits per heavy atom. The number of likely N-dealkylation sites (tertiary alicyclic amines) is 1. The van der Waals surface area contributed by atoms with E-state index in [1.807, 2.05) is 54.6 Å². The quantitative estimate of drug-likeness (QED) is 0.248. The molecule has 2 fully saturated rings. The first-order valence-electron chi connectivity index (χ1n) is 13.9. The van der Waals surface area contributed by atoms with Crippen LogP contribution >= 0.6 is 0 Å². The van der Waals surface area contributed by atoms with Crippen molar-refractivity contribution in [3.8, 4) is 5.75 Å². The lowest BCUT2D eigenvalue weighted by atomic mass is 9.85. The van der Waals surface area contributed by atoms with Crippen LogP contribution in [0.1, 0.15) is 49.9 Å². The summed E-state index contributed by atoms with van der Waals surface area (Å²) in [5, 5.41) is 13.4. The molecule has 2 aliphatic rings. The van der Waals surface area contributed by atoms with E-state index in [1.165, 1.54) is 0 Å². The average Bonchev–Trinajstić information content (AvgIpc) is 3.21. The van der Waals surface area contributed by atoms with Gasteiger partial charge < -0.3 is 19.5 Å². The summed E-state index contributed by atoms with van der Waals surface area (Å²) >= 11 is 0. The van der Waals surface area contributed by atoms with Gasteiger partial charge in [0.15, 0.2) is 0 Å². The Hall–Kier alpha value is -3.68. The topological polar surface area (TPSA) is 79.3 Å². The van der Waals surface area contributed by atoms with Crippen LogP contribution in [0.4, 0.5) is 0 Å². The molecule has 0 bridgehead atoms. The minimum atomic E-state index is -0.662. The number of benzene rings is 3. The lowest BCUT2D eigenvalue weighted by Gasteiger charge is -2.29. The van der Waals surface area contributed by atoms with Crippen LogP contribution in [0.2, 0.25) is 0 Å². The number of amides is 1. The second-order valence-electron chi connectivity index (χ2n) is 11.6. The van der Waals surface area contributed by atoms with Gasteiger partial charge in [0.2, 0.25) is 0 Å². The number of carbonyl (C=O) groups is 2. The molecule has 0 saturated carbocycles. The van der Waals surface area contributed by atoms with Gasteiger partial charge in [-0.1, -0.05) is 63.2 Å². The molecule has 7 nitrogen and oxygen atoms in total. The number of aliphatic hydroxyl groups excluding tert-OH is 1. The SMILES string of the molecule is COc1ccc2cc(/C(O)=C3\C(=O)C(=O)N(CCCN4CCOCC4)C3c3ccc(C(C)(C)C)cc3)ccc2c1. The minimum absolute atomic E-state index is 0.0354. The predicted octanol–water partition coefficient (Wildman–Crippen LogP) is 5.29. The highest BCUT2D eigenvalue weighted by molar-refractivity contribution is 6.46. The van der Waals surface area contributed by atoms with Crippen LogP contribution in [-0.2, 0) is 19.7 Å². The Balaban J connectivity index is 1.52. The summed E-state index contributed by atoms with van der Waals surface area (Å²) in [5.41, 5.74) is 2.57. The average molecular weight is 543 g/mol. The summed E-state index contributed by atoms with van der Waals surface area (Å²) in [6.45, 7) is 10.8. The molecule has 0 aromatic heterocycles. The molecule has 0 spiro atoms. The van der Waals surface area contributed by atoms with E-state index in [1.54, 1.807) is 18.1 Å². The summed E-state index contributed by atoms with van der Waals surface area (Å²) in [6.07, 6.45) is 0.724. The van der Waals surface area contributed by atoms with Crippen LogP contribution in [0, 0.1) is 0 Å². The molecule has 0 radical (unpaired) electrons. The molecule has 1 amide bonds. The maximum atomic E-state index is 13.5. The van der Waals surface area contributed by atoms with Crippen LogP contribution in [0.5, 0.6) is 5.75 Å². The molecule has 2 saturated heterocycles. The molecule has 7 heteroatoms. The van der Waals surface area contributed by atoms with Crippen molar-refractivity contribution in [1.82, 2.24) is 9.80 Å². The number of carbonyl (C=O) groups excluding carboxylic acids is 2. The van der Waals surface area contributed by atoms with Gasteiger partial charge in [-0.3, -0.25) is 14.5 Å². The van der Waals surface area contributed by atoms with Gasteiger partial charge in [0, 0.05) is 31.7 Å². The number of ketones is 1. The van der Waals surface area contributed by atoms with E-state index in [0.29, 0.717) is 25.3 Å². The van der Waals surface area contributed by atoms with Crippen molar-refractivity contribution in [2.24, 2.45) is 0 Å². The molecule has 40 heavy (non-hydrogen) atoms. The number of nitrogens with zero attached hydrogens (tertiary/aromatic N) is 2. The van der Waals surface area contributed by atoms with Crippen LogP contribution in [0.25, 0.3) is 16.5 Å². The van der Waals surface area contributed by atoms with Crippen LogP contribution in [0.15, 0.2) is 66.2 Å². The van der Waals surface area contributed by atoms with Crippen molar-refractivity contribution in [3.05, 3.63) is 82.9 Å². The van der Waals surface area contributed by atoms with Crippen molar-refractivity contribution >= 4 is 28.2 Å². The van der Waals surface area contributed by atoms with E-state index >= 15 is 0 Å². The van der Waals surface area contributed by atoms with E-state index < -0.39 is 17.7 Å². The Morgan fingerprint density at radius 3 is 2.30 bits per heavy atom. The van der Waals surface area contributed by atoms with Gasteiger partial charge in [-0.05, 0) is 51.9 Å². The fourth-order valence-electron chi connectivity index (χ4n) is 5.57. The number of hydrogen-bond acceptors (Lipinski definition) is 6. The summed E-state index contributed by atoms with van der Waals surface area (Å²) in [6, 6.07) is 18.6. The second-order valence-corrected chi connectivity index (χ2v) is 11.6. The normalized spacial score (nSPS) is 19.9. The summed E-state index contributed by atoms with van der Waals surface area (Å²) in [5.74, 6) is -0.634. The number of aliphatic hydroxyl groups is 1. The molecule has 2 aliphatic heterocycles. The maximum Gasteiger partial charge on any atom is 0.295 e. The fourth-order valence-corrected chi connectivity index (χ4v) is 5.57. The Morgan fingerprint density at radius 2 is 1.62 bits per heavy atom. The number of fused-ring (bicyclic) bond motifs is 1. The zero-order valence-electron chi connectivity index (χ0n) is 23.8. The lowest BCUT2D eigenvalue weighted by molar-refractivity contribution is -0.140. The van der Waals surface area contributed by atoms with Gasteiger partial charge in [-0.15, -0.1) is 0 Å². The monoisotopic (exact) mass is 542 g/mol. The largest absolute Gasteiger partial charge is 0.507 e. The first-order valence-corrected chi connectivity index (χ1v) is 13.9. The maximum absolute atomic E-state index is 13.5. The van der Waals surface area contributed by atoms with E-state index in [4.69, 9.17) is 9.47 Å². The summed E-state index contributed by atoms with van der Waals surface area (Å²) in [4.78, 5) is 30.9. The van der Waals surface area contributed by atoms with Gasteiger partial charge in [-0.25, -0.2) is 0 Å². The van der Waals surface area contributed by atoms with Gasteiger partial charge in [0.1, 0.15) is 11.5 Å². The Kier molecular flexibility index (Phi) is 7.97. The number of Topliss-reactive ketones (excluding diaryl/α,β-unsaturated/α-hetero) is 1. The van der Waals surface area contributed by atoms with Crippen LogP contribution < -0.4 is 4.74 Å². The molecule has 2 heterocycles. The van der Waals surface area contributed by atoms with Crippen molar-refractivity contribution in [1.29, 1.82) is 0 Å². The first-order chi connectivity index (χ1) is 19.2. The predicted molar refractivity (Wildman–Crippen MR) is 157 cm³/mol. The Labute approximate surface area is 236 Å². The molecule has 1 atom stereocenters. The second kappa shape index (κ2) is 11.4. The fraction of sp³-hybridized carbons (Fsp3) is 0.394. The lowest BCUT2D eigenvalue weighted by Crippen LogP contribution is -2.39. The van der Waals surface area contributed by atoms with E-state index in [9.17, 15) is 14.7 Å². The molecule has 1 N–H and O–H groups in total. The number of hydrogen-bond donors (Lipinski definition) is 1. The molecule has 3 aromatic rings. The molecule has 1 unspecified atom stereocenters. The molecule has 210 valence electrons. The zero-order chi connectivity index (χ0) is 28.4. The van der Waals surface area contributed by atoms with Gasteiger partial charge in [0.25, 0.3) is 11.7 Å². The molecular weight excluding hydrogens is 504 g/mol.